The Bertz CT molecular complexity index is 1710. The van der Waals surface area contributed by atoms with Crippen LogP contribution in [0.3, 0.4) is 0 Å². The fourth-order valence-electron chi connectivity index (χ4n) is 5.12. The molecule has 1 aliphatic rings. The maximum atomic E-state index is 6.85. The topological polar surface area (TPSA) is 0 Å². The van der Waals surface area contributed by atoms with E-state index in [0.29, 0.717) is 0 Å². The molecular weight excluding hydrogens is 439 g/mol. The largest absolute Gasteiger partial charge is 0.135 e. The molecule has 1 aliphatic carbocycles. The van der Waals surface area contributed by atoms with Crippen LogP contribution in [0.5, 0.6) is 0 Å². The van der Waals surface area contributed by atoms with Crippen molar-refractivity contribution in [3.63, 3.8) is 0 Å². The molecule has 0 atom stereocenters. The second-order valence-corrected chi connectivity index (χ2v) is 9.91. The van der Waals surface area contributed by atoms with E-state index in [1.54, 1.807) is 0 Å². The van der Waals surface area contributed by atoms with Gasteiger partial charge in [-0.15, -0.1) is 11.3 Å². The number of halogens is 2. The molecule has 0 fully saturated rings. The predicted molar refractivity (Wildman–Crippen MR) is 137 cm³/mol. The molecule has 0 aliphatic heterocycles. The minimum absolute atomic E-state index is 0.740. The molecule has 146 valence electrons. The second-order valence-electron chi connectivity index (χ2n) is 7.98. The zero-order valence-electron chi connectivity index (χ0n) is 16.2. The monoisotopic (exact) mass is 452 g/mol. The van der Waals surface area contributed by atoms with Crippen LogP contribution < -0.4 is 0 Å². The Kier molecular flexibility index (Phi) is 3.64. The normalized spacial score (nSPS) is 12.2. The summed E-state index contributed by atoms with van der Waals surface area (Å²) in [6, 6.07) is 30.0. The Balaban J connectivity index is 1.84. The molecular formula is C28H14Cl2S. The summed E-state index contributed by atoms with van der Waals surface area (Å²) in [4.78, 5) is 0. The summed E-state index contributed by atoms with van der Waals surface area (Å²) in [6.45, 7) is 0. The first-order valence-electron chi connectivity index (χ1n) is 10.2. The van der Waals surface area contributed by atoms with Crippen molar-refractivity contribution in [2.24, 2.45) is 0 Å². The van der Waals surface area contributed by atoms with Crippen LogP contribution in [0.25, 0.3) is 64.3 Å². The zero-order valence-corrected chi connectivity index (χ0v) is 18.6. The molecule has 1 aromatic heterocycles. The molecule has 0 spiro atoms. The lowest BCUT2D eigenvalue weighted by Gasteiger charge is -2.14. The molecule has 0 saturated carbocycles. The lowest BCUT2D eigenvalue weighted by Crippen LogP contribution is -1.87. The summed E-state index contributed by atoms with van der Waals surface area (Å²) in [5.74, 6) is 0. The molecule has 0 bridgehead atoms. The van der Waals surface area contributed by atoms with Crippen molar-refractivity contribution < 1.29 is 0 Å². The van der Waals surface area contributed by atoms with Gasteiger partial charge >= 0.3 is 0 Å². The highest BCUT2D eigenvalue weighted by Gasteiger charge is 2.26. The van der Waals surface area contributed by atoms with Crippen molar-refractivity contribution in [2.45, 2.75) is 0 Å². The van der Waals surface area contributed by atoms with Gasteiger partial charge in [-0.2, -0.15) is 0 Å². The van der Waals surface area contributed by atoms with Crippen LogP contribution in [0.2, 0.25) is 10.0 Å². The Morgan fingerprint density at radius 2 is 1.35 bits per heavy atom. The molecule has 3 heteroatoms. The first kappa shape index (κ1) is 17.8. The number of hydrogen-bond acceptors (Lipinski definition) is 1. The van der Waals surface area contributed by atoms with E-state index in [-0.39, 0.29) is 0 Å². The number of fused-ring (bicyclic) bond motifs is 9. The summed E-state index contributed by atoms with van der Waals surface area (Å²) in [5.41, 5.74) is 7.08. The van der Waals surface area contributed by atoms with Crippen LogP contribution in [0, 0.1) is 0 Å². The van der Waals surface area contributed by atoms with Crippen molar-refractivity contribution >= 4 is 65.5 Å². The van der Waals surface area contributed by atoms with E-state index in [1.165, 1.54) is 47.8 Å². The van der Waals surface area contributed by atoms with Crippen LogP contribution >= 0.6 is 34.5 Å². The average Bonchev–Trinajstić information content (AvgIpc) is 3.11. The van der Waals surface area contributed by atoms with Crippen molar-refractivity contribution in [3.8, 4) is 33.4 Å². The van der Waals surface area contributed by atoms with Crippen LogP contribution in [0.15, 0.2) is 84.9 Å². The molecule has 31 heavy (non-hydrogen) atoms. The van der Waals surface area contributed by atoms with Gasteiger partial charge in [0.25, 0.3) is 0 Å². The van der Waals surface area contributed by atoms with Gasteiger partial charge in [0.1, 0.15) is 0 Å². The third-order valence-electron chi connectivity index (χ3n) is 6.33. The van der Waals surface area contributed by atoms with E-state index < -0.39 is 0 Å². The first-order chi connectivity index (χ1) is 15.2. The third kappa shape index (κ3) is 2.37. The van der Waals surface area contributed by atoms with Crippen molar-refractivity contribution in [1.82, 2.24) is 0 Å². The number of hydrogen-bond donors (Lipinski definition) is 0. The maximum Gasteiger partial charge on any atom is 0.0491 e. The van der Waals surface area contributed by atoms with Gasteiger partial charge in [0.2, 0.25) is 0 Å². The molecule has 0 nitrogen and oxygen atoms in total. The Labute approximate surface area is 193 Å². The van der Waals surface area contributed by atoms with Crippen molar-refractivity contribution in [2.75, 3.05) is 0 Å². The molecule has 0 saturated heterocycles. The Morgan fingerprint density at radius 1 is 0.548 bits per heavy atom. The van der Waals surface area contributed by atoms with E-state index in [4.69, 9.17) is 23.2 Å². The summed E-state index contributed by atoms with van der Waals surface area (Å²) in [7, 11) is 0. The lowest BCUT2D eigenvalue weighted by molar-refractivity contribution is 1.64. The highest BCUT2D eigenvalue weighted by atomic mass is 35.5. The number of rotatable bonds is 0. The van der Waals surface area contributed by atoms with Crippen molar-refractivity contribution in [3.05, 3.63) is 95.0 Å². The lowest BCUT2D eigenvalue weighted by atomic mass is 9.90. The van der Waals surface area contributed by atoms with Gasteiger partial charge in [0, 0.05) is 35.8 Å². The second kappa shape index (κ2) is 6.34. The van der Waals surface area contributed by atoms with Gasteiger partial charge < -0.3 is 0 Å². The zero-order chi connectivity index (χ0) is 20.7. The summed E-state index contributed by atoms with van der Waals surface area (Å²) in [5, 5.41) is 6.37. The van der Waals surface area contributed by atoms with Crippen LogP contribution in [-0.2, 0) is 0 Å². The van der Waals surface area contributed by atoms with E-state index >= 15 is 0 Å². The van der Waals surface area contributed by atoms with Gasteiger partial charge in [-0.05, 0) is 68.9 Å². The van der Waals surface area contributed by atoms with Gasteiger partial charge in [0.15, 0.2) is 0 Å². The molecule has 0 radical (unpaired) electrons. The SMILES string of the molecule is Clc1cc2c3c(c(Cl)ccc3c1)-c1ccccc1-c1ccc3sc4ccccc4c3c1-2. The highest BCUT2D eigenvalue weighted by Crippen LogP contribution is 2.54. The fraction of sp³-hybridized carbons (Fsp3) is 0. The molecule has 1 heterocycles. The molecule has 5 aromatic carbocycles. The van der Waals surface area contributed by atoms with Crippen LogP contribution in [0.4, 0.5) is 0 Å². The smallest absolute Gasteiger partial charge is 0.0491 e. The quantitative estimate of drug-likeness (QED) is 0.214. The third-order valence-corrected chi connectivity index (χ3v) is 8.00. The van der Waals surface area contributed by atoms with Crippen LogP contribution in [-0.4, -0.2) is 0 Å². The number of thiophene rings is 1. The molecule has 0 amide bonds. The van der Waals surface area contributed by atoms with E-state index in [9.17, 15) is 0 Å². The van der Waals surface area contributed by atoms with E-state index in [1.807, 2.05) is 23.5 Å². The summed E-state index contributed by atoms with van der Waals surface area (Å²) in [6.07, 6.45) is 0. The minimum Gasteiger partial charge on any atom is -0.135 e. The number of benzene rings is 5. The van der Waals surface area contributed by atoms with Crippen molar-refractivity contribution in [1.29, 1.82) is 0 Å². The van der Waals surface area contributed by atoms with E-state index in [0.717, 1.165) is 26.6 Å². The predicted octanol–water partition coefficient (Wildman–Crippen LogP) is 9.83. The summed E-state index contributed by atoms with van der Waals surface area (Å²) < 4.78 is 2.59. The molecule has 0 N–H and O–H groups in total. The maximum absolute atomic E-state index is 6.85. The molecule has 7 rings (SSSR count). The van der Waals surface area contributed by atoms with Crippen LogP contribution in [0.1, 0.15) is 0 Å². The molecule has 0 unspecified atom stereocenters. The average molecular weight is 453 g/mol. The van der Waals surface area contributed by atoms with E-state index in [2.05, 4.69) is 72.8 Å². The highest BCUT2D eigenvalue weighted by molar-refractivity contribution is 7.26. The molecule has 6 aromatic rings. The first-order valence-corrected chi connectivity index (χ1v) is 11.7. The van der Waals surface area contributed by atoms with Gasteiger partial charge in [0.05, 0.1) is 0 Å². The Hall–Kier alpha value is -2.84. The Morgan fingerprint density at radius 3 is 2.26 bits per heavy atom. The van der Waals surface area contributed by atoms with Gasteiger partial charge in [-0.1, -0.05) is 77.8 Å². The van der Waals surface area contributed by atoms with Gasteiger partial charge in [-0.3, -0.25) is 0 Å². The van der Waals surface area contributed by atoms with Gasteiger partial charge in [-0.25, -0.2) is 0 Å². The fourth-order valence-corrected chi connectivity index (χ4v) is 6.72. The summed E-state index contributed by atoms with van der Waals surface area (Å²) >= 11 is 15.4. The minimum atomic E-state index is 0.740. The standard InChI is InChI=1S/C28H14Cl2S/c29-16-13-15-9-11-22(30)27-18-6-2-1-5-17(18)19-10-12-24-28(26(19)21(14-16)25(15)27)20-7-3-4-8-23(20)31-24/h1-14H.